The predicted octanol–water partition coefficient (Wildman–Crippen LogP) is 2.60. The van der Waals surface area contributed by atoms with E-state index in [0.29, 0.717) is 10.8 Å². The Bertz CT molecular complexity index is 718. The average Bonchev–Trinajstić information content (AvgIpc) is 2.62. The highest BCUT2D eigenvalue weighted by molar-refractivity contribution is 6.30. The molecule has 1 amide bonds. The Morgan fingerprint density at radius 3 is 2.84 bits per heavy atom. The summed E-state index contributed by atoms with van der Waals surface area (Å²) in [7, 11) is 0. The van der Waals surface area contributed by atoms with Gasteiger partial charge in [-0.1, -0.05) is 11.6 Å². The van der Waals surface area contributed by atoms with Crippen molar-refractivity contribution < 1.29 is 9.53 Å². The van der Waals surface area contributed by atoms with Gasteiger partial charge < -0.3 is 15.0 Å². The zero-order valence-corrected chi connectivity index (χ0v) is 14.9. The van der Waals surface area contributed by atoms with Gasteiger partial charge >= 0.3 is 0 Å². The highest BCUT2D eigenvalue weighted by atomic mass is 35.5. The number of anilines is 1. The van der Waals surface area contributed by atoms with Gasteiger partial charge in [0.15, 0.2) is 6.61 Å². The highest BCUT2D eigenvalue weighted by Crippen LogP contribution is 2.21. The number of nitrogens with zero attached hydrogens (tertiary/aromatic N) is 3. The molecule has 1 fully saturated rings. The number of benzene rings is 1. The van der Waals surface area contributed by atoms with E-state index in [0.717, 1.165) is 37.3 Å². The van der Waals surface area contributed by atoms with Crippen LogP contribution >= 0.6 is 11.6 Å². The molecule has 0 radical (unpaired) electrons. The van der Waals surface area contributed by atoms with Crippen LogP contribution < -0.4 is 15.0 Å². The predicted molar refractivity (Wildman–Crippen MR) is 97.1 cm³/mol. The molecule has 7 heteroatoms. The first-order valence-corrected chi connectivity index (χ1v) is 8.69. The third-order valence-electron chi connectivity index (χ3n) is 4.23. The smallest absolute Gasteiger partial charge is 0.258 e. The summed E-state index contributed by atoms with van der Waals surface area (Å²) in [6.45, 7) is 3.61. The number of ether oxygens (including phenoxy) is 1. The molecule has 6 nitrogen and oxygen atoms in total. The number of amides is 1. The van der Waals surface area contributed by atoms with Gasteiger partial charge in [0.25, 0.3) is 5.91 Å². The molecular weight excluding hydrogens is 340 g/mol. The van der Waals surface area contributed by atoms with Crippen LogP contribution in [0.5, 0.6) is 5.75 Å². The monoisotopic (exact) mass is 360 g/mol. The molecule has 1 N–H and O–H groups in total. The molecule has 0 atom stereocenters. The number of nitrogens with one attached hydrogen (secondary N) is 1. The van der Waals surface area contributed by atoms with Crippen molar-refractivity contribution >= 4 is 23.3 Å². The molecule has 1 aliphatic heterocycles. The van der Waals surface area contributed by atoms with E-state index in [1.807, 2.05) is 13.0 Å². The van der Waals surface area contributed by atoms with Gasteiger partial charge in [-0.3, -0.25) is 9.78 Å². The topological polar surface area (TPSA) is 67.3 Å². The van der Waals surface area contributed by atoms with Crippen molar-refractivity contribution in [1.82, 2.24) is 15.3 Å². The van der Waals surface area contributed by atoms with Gasteiger partial charge in [0.1, 0.15) is 11.6 Å². The average molecular weight is 361 g/mol. The van der Waals surface area contributed by atoms with E-state index in [-0.39, 0.29) is 18.6 Å². The lowest BCUT2D eigenvalue weighted by Crippen LogP contribution is -2.46. The number of piperidine rings is 1. The van der Waals surface area contributed by atoms with Crippen molar-refractivity contribution in [2.75, 3.05) is 24.6 Å². The van der Waals surface area contributed by atoms with Crippen LogP contribution in [0.4, 0.5) is 5.82 Å². The van der Waals surface area contributed by atoms with Gasteiger partial charge in [-0.15, -0.1) is 0 Å². The van der Waals surface area contributed by atoms with Gasteiger partial charge in [0.2, 0.25) is 0 Å². The lowest BCUT2D eigenvalue weighted by Gasteiger charge is -2.32. The molecule has 0 spiro atoms. The summed E-state index contributed by atoms with van der Waals surface area (Å²) in [4.78, 5) is 22.7. The van der Waals surface area contributed by atoms with Crippen molar-refractivity contribution in [3.8, 4) is 5.75 Å². The van der Waals surface area contributed by atoms with E-state index >= 15 is 0 Å². The van der Waals surface area contributed by atoms with Crippen LogP contribution in [-0.2, 0) is 4.79 Å². The Hall–Kier alpha value is -2.34. The van der Waals surface area contributed by atoms with Gasteiger partial charge in [-0.05, 0) is 43.5 Å². The quantitative estimate of drug-likeness (QED) is 0.887. The summed E-state index contributed by atoms with van der Waals surface area (Å²) in [5.74, 6) is 1.46. The van der Waals surface area contributed by atoms with E-state index in [9.17, 15) is 4.79 Å². The molecule has 0 unspecified atom stereocenters. The lowest BCUT2D eigenvalue weighted by molar-refractivity contribution is -0.123. The van der Waals surface area contributed by atoms with Crippen LogP contribution in [0, 0.1) is 6.92 Å². The maximum atomic E-state index is 12.1. The van der Waals surface area contributed by atoms with E-state index in [4.69, 9.17) is 16.3 Å². The van der Waals surface area contributed by atoms with Gasteiger partial charge in [-0.2, -0.15) is 0 Å². The summed E-state index contributed by atoms with van der Waals surface area (Å²) in [6.07, 6.45) is 6.88. The molecule has 0 saturated carbocycles. The third kappa shape index (κ3) is 4.82. The number of halogens is 1. The summed E-state index contributed by atoms with van der Waals surface area (Å²) < 4.78 is 5.59. The van der Waals surface area contributed by atoms with E-state index in [2.05, 4.69) is 20.2 Å². The van der Waals surface area contributed by atoms with E-state index < -0.39 is 0 Å². The first kappa shape index (κ1) is 17.5. The minimum absolute atomic E-state index is 0.00679. The molecular formula is C18H21ClN4O2. The molecule has 1 aliphatic rings. The van der Waals surface area contributed by atoms with Crippen LogP contribution in [0.2, 0.25) is 5.02 Å². The molecule has 1 aromatic heterocycles. The largest absolute Gasteiger partial charge is 0.484 e. The van der Waals surface area contributed by atoms with Crippen LogP contribution in [0.3, 0.4) is 0 Å². The number of hydrogen-bond acceptors (Lipinski definition) is 5. The Kier molecular flexibility index (Phi) is 5.71. The molecule has 1 aromatic carbocycles. The van der Waals surface area contributed by atoms with Crippen molar-refractivity contribution in [3.63, 3.8) is 0 Å². The van der Waals surface area contributed by atoms with Crippen LogP contribution in [0.25, 0.3) is 0 Å². The van der Waals surface area contributed by atoms with Crippen molar-refractivity contribution in [2.45, 2.75) is 25.8 Å². The second kappa shape index (κ2) is 8.16. The van der Waals surface area contributed by atoms with Crippen molar-refractivity contribution in [2.24, 2.45) is 0 Å². The maximum absolute atomic E-state index is 12.1. The fourth-order valence-electron chi connectivity index (χ4n) is 2.89. The molecule has 2 heterocycles. The minimum atomic E-state index is -0.104. The summed E-state index contributed by atoms with van der Waals surface area (Å²) in [6, 6.07) is 5.51. The van der Waals surface area contributed by atoms with E-state index in [1.165, 1.54) is 0 Å². The Morgan fingerprint density at radius 2 is 2.16 bits per heavy atom. The zero-order valence-electron chi connectivity index (χ0n) is 14.1. The first-order valence-electron chi connectivity index (χ1n) is 8.31. The maximum Gasteiger partial charge on any atom is 0.258 e. The molecule has 0 aliphatic carbocycles. The molecule has 0 bridgehead atoms. The molecule has 3 rings (SSSR count). The van der Waals surface area contributed by atoms with Gasteiger partial charge in [0.05, 0.1) is 6.20 Å². The van der Waals surface area contributed by atoms with E-state index in [1.54, 1.807) is 30.7 Å². The molecule has 25 heavy (non-hydrogen) atoms. The summed E-state index contributed by atoms with van der Waals surface area (Å²) in [5.41, 5.74) is 0.914. The zero-order chi connectivity index (χ0) is 17.6. The highest BCUT2D eigenvalue weighted by Gasteiger charge is 2.21. The fourth-order valence-corrected chi connectivity index (χ4v) is 3.12. The number of carbonyl (C=O) groups excluding carboxylic acids is 1. The first-order chi connectivity index (χ1) is 12.1. The number of aryl methyl sites for hydroxylation is 1. The van der Waals surface area contributed by atoms with Crippen LogP contribution in [0.1, 0.15) is 18.4 Å². The third-order valence-corrected chi connectivity index (χ3v) is 4.46. The number of aromatic nitrogens is 2. The Labute approximate surface area is 152 Å². The second-order valence-corrected chi connectivity index (χ2v) is 6.53. The van der Waals surface area contributed by atoms with Crippen molar-refractivity contribution in [1.29, 1.82) is 0 Å². The van der Waals surface area contributed by atoms with Gasteiger partial charge in [0, 0.05) is 36.5 Å². The summed E-state index contributed by atoms with van der Waals surface area (Å²) in [5, 5.41) is 3.70. The fraction of sp³-hybridized carbons (Fsp3) is 0.389. The Balaban J connectivity index is 1.43. The normalized spacial score (nSPS) is 15.0. The lowest BCUT2D eigenvalue weighted by atomic mass is 10.1. The second-order valence-electron chi connectivity index (χ2n) is 6.09. The molecule has 1 saturated heterocycles. The molecule has 2 aromatic rings. The number of hydrogen-bond donors (Lipinski definition) is 1. The number of carbonyl (C=O) groups is 1. The standard InChI is InChI=1S/C18H21ClN4O2/c1-13-10-14(19)2-3-16(13)25-12-18(24)22-15-4-8-23(9-5-15)17-11-20-6-7-21-17/h2-3,6-7,10-11,15H,4-5,8-9,12H2,1H3,(H,22,24). The van der Waals surface area contributed by atoms with Crippen molar-refractivity contribution in [3.05, 3.63) is 47.4 Å². The SMILES string of the molecule is Cc1cc(Cl)ccc1OCC(=O)NC1CCN(c2cnccn2)CC1. The summed E-state index contributed by atoms with van der Waals surface area (Å²) >= 11 is 5.92. The minimum Gasteiger partial charge on any atom is -0.484 e. The van der Waals surface area contributed by atoms with Gasteiger partial charge in [-0.25, -0.2) is 4.98 Å². The van der Waals surface area contributed by atoms with Crippen LogP contribution in [-0.4, -0.2) is 41.6 Å². The molecule has 132 valence electrons. The van der Waals surface area contributed by atoms with Crippen LogP contribution in [0.15, 0.2) is 36.8 Å². The number of rotatable bonds is 5. The Morgan fingerprint density at radius 1 is 1.36 bits per heavy atom.